The third kappa shape index (κ3) is 2.67. The van der Waals surface area contributed by atoms with Crippen molar-refractivity contribution in [1.82, 2.24) is 30.2 Å². The zero-order valence-electron chi connectivity index (χ0n) is 10.9. The lowest BCUT2D eigenvalue weighted by atomic mass is 10.4. The van der Waals surface area contributed by atoms with Gasteiger partial charge in [-0.3, -0.25) is 0 Å². The highest BCUT2D eigenvalue weighted by Crippen LogP contribution is 2.38. The monoisotopic (exact) mass is 277 g/mol. The van der Waals surface area contributed by atoms with Crippen molar-refractivity contribution < 1.29 is 0 Å². The summed E-state index contributed by atoms with van der Waals surface area (Å²) in [6.07, 6.45) is 4.13. The zero-order valence-corrected chi connectivity index (χ0v) is 11.7. The quantitative estimate of drug-likeness (QED) is 0.833. The molecule has 7 nitrogen and oxygen atoms in total. The minimum absolute atomic E-state index is 0.466. The average Bonchev–Trinajstić information content (AvgIpc) is 3.14. The van der Waals surface area contributed by atoms with Crippen molar-refractivity contribution >= 4 is 17.7 Å². The van der Waals surface area contributed by atoms with E-state index in [-0.39, 0.29) is 0 Å². The van der Waals surface area contributed by atoms with E-state index in [0.29, 0.717) is 12.0 Å². The van der Waals surface area contributed by atoms with Gasteiger partial charge < -0.3 is 5.32 Å². The summed E-state index contributed by atoms with van der Waals surface area (Å²) >= 11 is 1.49. The molecule has 0 radical (unpaired) electrons. The maximum Gasteiger partial charge on any atom is 0.223 e. The van der Waals surface area contributed by atoms with Gasteiger partial charge in [0.1, 0.15) is 5.03 Å². The lowest BCUT2D eigenvalue weighted by Gasteiger charge is -2.07. The van der Waals surface area contributed by atoms with Gasteiger partial charge in [-0.25, -0.2) is 14.6 Å². The molecule has 2 heterocycles. The van der Waals surface area contributed by atoms with Crippen molar-refractivity contribution in [2.24, 2.45) is 0 Å². The predicted molar refractivity (Wildman–Crippen MR) is 71.1 cm³/mol. The zero-order chi connectivity index (χ0) is 13.2. The van der Waals surface area contributed by atoms with Gasteiger partial charge in [0, 0.05) is 18.3 Å². The Labute approximate surface area is 115 Å². The standard InChI is InChI=1S/C11H15N7S/c1-3-12-10-13-6-7(2)9(14-10)19-11-15-16-17-18(11)8-4-5-8/h6,8H,3-5H2,1-2H3,(H,12,13,14). The number of aromatic nitrogens is 6. The first-order chi connectivity index (χ1) is 9.28. The summed E-state index contributed by atoms with van der Waals surface area (Å²) in [5, 5.41) is 16.7. The molecule has 0 atom stereocenters. The molecular weight excluding hydrogens is 262 g/mol. The van der Waals surface area contributed by atoms with E-state index in [9.17, 15) is 0 Å². The van der Waals surface area contributed by atoms with Crippen LogP contribution in [0.2, 0.25) is 0 Å². The van der Waals surface area contributed by atoms with Crippen LogP contribution in [0, 0.1) is 6.92 Å². The molecule has 0 saturated heterocycles. The summed E-state index contributed by atoms with van der Waals surface area (Å²) in [6, 6.07) is 0.466. The smallest absolute Gasteiger partial charge is 0.223 e. The van der Waals surface area contributed by atoms with Gasteiger partial charge in [0.15, 0.2) is 0 Å². The van der Waals surface area contributed by atoms with Crippen molar-refractivity contribution in [3.05, 3.63) is 11.8 Å². The Morgan fingerprint density at radius 2 is 2.32 bits per heavy atom. The molecule has 2 aromatic rings. The number of tetrazole rings is 1. The van der Waals surface area contributed by atoms with E-state index in [1.54, 1.807) is 0 Å². The molecule has 1 N–H and O–H groups in total. The molecule has 19 heavy (non-hydrogen) atoms. The van der Waals surface area contributed by atoms with E-state index in [4.69, 9.17) is 0 Å². The highest BCUT2D eigenvalue weighted by atomic mass is 32.2. The summed E-state index contributed by atoms with van der Waals surface area (Å²) in [7, 11) is 0. The van der Waals surface area contributed by atoms with Crippen LogP contribution in [0.4, 0.5) is 5.95 Å². The molecule has 0 bridgehead atoms. The van der Waals surface area contributed by atoms with Crippen LogP contribution in [-0.4, -0.2) is 36.7 Å². The average molecular weight is 277 g/mol. The van der Waals surface area contributed by atoms with Crippen LogP contribution in [0.15, 0.2) is 16.4 Å². The molecule has 0 unspecified atom stereocenters. The number of anilines is 1. The predicted octanol–water partition coefficient (Wildman–Crippen LogP) is 1.69. The lowest BCUT2D eigenvalue weighted by molar-refractivity contribution is 0.565. The summed E-state index contributed by atoms with van der Waals surface area (Å²) in [4.78, 5) is 8.72. The second kappa shape index (κ2) is 5.12. The van der Waals surface area contributed by atoms with Gasteiger partial charge in [-0.2, -0.15) is 0 Å². The fourth-order valence-electron chi connectivity index (χ4n) is 1.66. The van der Waals surface area contributed by atoms with Crippen molar-refractivity contribution in [1.29, 1.82) is 0 Å². The second-order valence-corrected chi connectivity index (χ2v) is 5.41. The molecule has 0 aliphatic heterocycles. The van der Waals surface area contributed by atoms with Gasteiger partial charge in [-0.1, -0.05) is 0 Å². The van der Waals surface area contributed by atoms with Crippen molar-refractivity contribution in [2.75, 3.05) is 11.9 Å². The molecule has 3 rings (SSSR count). The van der Waals surface area contributed by atoms with Crippen LogP contribution in [-0.2, 0) is 0 Å². The van der Waals surface area contributed by atoms with Gasteiger partial charge in [0.25, 0.3) is 0 Å². The van der Waals surface area contributed by atoms with Crippen LogP contribution in [0.5, 0.6) is 0 Å². The first-order valence-corrected chi connectivity index (χ1v) is 7.13. The Kier molecular flexibility index (Phi) is 3.33. The molecule has 2 aromatic heterocycles. The second-order valence-electron chi connectivity index (χ2n) is 4.45. The molecule has 0 amide bonds. The number of rotatable bonds is 5. The fourth-order valence-corrected chi connectivity index (χ4v) is 2.54. The molecular formula is C11H15N7S. The first kappa shape index (κ1) is 12.3. The van der Waals surface area contributed by atoms with Gasteiger partial charge in [-0.05, 0) is 48.9 Å². The SMILES string of the molecule is CCNc1ncc(C)c(Sc2nnnn2C2CC2)n1. The number of hydrogen-bond donors (Lipinski definition) is 1. The Balaban J connectivity index is 1.85. The summed E-state index contributed by atoms with van der Waals surface area (Å²) < 4.78 is 1.89. The third-order valence-electron chi connectivity index (χ3n) is 2.80. The Bertz CT molecular complexity index is 578. The van der Waals surface area contributed by atoms with E-state index in [1.807, 2.05) is 24.7 Å². The number of hydrogen-bond acceptors (Lipinski definition) is 7. The van der Waals surface area contributed by atoms with Crippen molar-refractivity contribution in [3.8, 4) is 0 Å². The Hall–Kier alpha value is -1.70. The number of nitrogens with one attached hydrogen (secondary N) is 1. The van der Waals surface area contributed by atoms with Crippen LogP contribution < -0.4 is 5.32 Å². The lowest BCUT2D eigenvalue weighted by Crippen LogP contribution is -2.04. The number of aryl methyl sites for hydroxylation is 1. The third-order valence-corrected chi connectivity index (χ3v) is 3.86. The van der Waals surface area contributed by atoms with Gasteiger partial charge in [0.05, 0.1) is 6.04 Å². The largest absolute Gasteiger partial charge is 0.354 e. The minimum Gasteiger partial charge on any atom is -0.354 e. The summed E-state index contributed by atoms with van der Waals surface area (Å²) in [5.41, 5.74) is 1.03. The normalized spacial score (nSPS) is 14.6. The molecule has 0 aromatic carbocycles. The Morgan fingerprint density at radius 1 is 1.47 bits per heavy atom. The molecule has 1 saturated carbocycles. The van der Waals surface area contributed by atoms with E-state index in [0.717, 1.165) is 35.1 Å². The van der Waals surface area contributed by atoms with Gasteiger partial charge in [-0.15, -0.1) is 5.10 Å². The topological polar surface area (TPSA) is 81.4 Å². The molecule has 1 aliphatic carbocycles. The van der Waals surface area contributed by atoms with E-state index in [2.05, 4.69) is 30.8 Å². The van der Waals surface area contributed by atoms with Crippen molar-refractivity contribution in [3.63, 3.8) is 0 Å². The highest BCUT2D eigenvalue weighted by molar-refractivity contribution is 7.99. The van der Waals surface area contributed by atoms with Gasteiger partial charge in [0.2, 0.25) is 11.1 Å². The van der Waals surface area contributed by atoms with E-state index >= 15 is 0 Å². The molecule has 8 heteroatoms. The van der Waals surface area contributed by atoms with Crippen LogP contribution in [0.25, 0.3) is 0 Å². The maximum atomic E-state index is 4.49. The summed E-state index contributed by atoms with van der Waals surface area (Å²) in [5.74, 6) is 0.640. The molecule has 1 fully saturated rings. The van der Waals surface area contributed by atoms with E-state index in [1.165, 1.54) is 11.8 Å². The van der Waals surface area contributed by atoms with E-state index < -0.39 is 0 Å². The first-order valence-electron chi connectivity index (χ1n) is 6.31. The minimum atomic E-state index is 0.466. The highest BCUT2D eigenvalue weighted by Gasteiger charge is 2.28. The van der Waals surface area contributed by atoms with Crippen molar-refractivity contribution in [2.45, 2.75) is 42.9 Å². The maximum absolute atomic E-state index is 4.49. The molecule has 0 spiro atoms. The number of nitrogens with zero attached hydrogens (tertiary/aromatic N) is 6. The Morgan fingerprint density at radius 3 is 3.05 bits per heavy atom. The molecule has 100 valence electrons. The van der Waals surface area contributed by atoms with Crippen LogP contribution >= 0.6 is 11.8 Å². The summed E-state index contributed by atoms with van der Waals surface area (Å²) in [6.45, 7) is 4.81. The molecule has 1 aliphatic rings. The van der Waals surface area contributed by atoms with Crippen LogP contribution in [0.1, 0.15) is 31.4 Å². The van der Waals surface area contributed by atoms with Crippen LogP contribution in [0.3, 0.4) is 0 Å². The fraction of sp³-hybridized carbons (Fsp3) is 0.545. The van der Waals surface area contributed by atoms with Gasteiger partial charge >= 0.3 is 0 Å².